The number of hydrogen-bond acceptors (Lipinski definition) is 3. The molecule has 0 radical (unpaired) electrons. The van der Waals surface area contributed by atoms with Crippen LogP contribution in [0.3, 0.4) is 0 Å². The van der Waals surface area contributed by atoms with Crippen LogP contribution >= 0.6 is 11.3 Å². The Morgan fingerprint density at radius 2 is 1.61 bits per heavy atom. The van der Waals surface area contributed by atoms with E-state index >= 15 is 0 Å². The molecule has 3 saturated heterocycles. The molecule has 0 amide bonds. The van der Waals surface area contributed by atoms with Gasteiger partial charge in [-0.1, -0.05) is 62.7 Å². The predicted octanol–water partition coefficient (Wildman–Crippen LogP) is 6.59. The average molecular weight is 395 g/mol. The molecule has 0 N–H and O–H groups in total. The number of piperidine rings is 3. The largest absolute Gasteiger partial charge is 0.303 e. The molecule has 3 fully saturated rings. The van der Waals surface area contributed by atoms with Crippen molar-refractivity contribution < 1.29 is 0 Å². The van der Waals surface area contributed by atoms with Crippen LogP contribution in [0.2, 0.25) is 0 Å². The highest BCUT2D eigenvalue weighted by atomic mass is 32.1. The second-order valence-electron chi connectivity index (χ2n) is 8.00. The minimum Gasteiger partial charge on any atom is -0.303 e. The normalized spacial score (nSPS) is 22.8. The van der Waals surface area contributed by atoms with Crippen molar-refractivity contribution >= 4 is 21.6 Å². The molecule has 0 unspecified atom stereocenters. The fourth-order valence-corrected chi connectivity index (χ4v) is 5.05. The molecular formula is C25H34N2S. The highest BCUT2D eigenvalue weighted by Crippen LogP contribution is 2.34. The molecule has 0 spiro atoms. The first kappa shape index (κ1) is 21.0. The van der Waals surface area contributed by atoms with E-state index in [1.165, 1.54) is 55.6 Å². The van der Waals surface area contributed by atoms with E-state index in [1.54, 1.807) is 11.3 Å². The topological polar surface area (TPSA) is 16.1 Å². The summed E-state index contributed by atoms with van der Waals surface area (Å²) in [5.41, 5.74) is 2.64. The van der Waals surface area contributed by atoms with Gasteiger partial charge >= 0.3 is 0 Å². The van der Waals surface area contributed by atoms with Gasteiger partial charge in [0.2, 0.25) is 0 Å². The second-order valence-corrected chi connectivity index (χ2v) is 9.23. The smallest absolute Gasteiger partial charge is 0.0907 e. The van der Waals surface area contributed by atoms with Gasteiger partial charge in [-0.25, -0.2) is 4.98 Å². The third-order valence-corrected chi connectivity index (χ3v) is 6.48. The number of nitrogens with zero attached hydrogens (tertiary/aromatic N) is 2. The van der Waals surface area contributed by atoms with Crippen LogP contribution in [0.5, 0.6) is 0 Å². The van der Waals surface area contributed by atoms with Crippen molar-refractivity contribution in [3.63, 3.8) is 0 Å². The number of benzene rings is 2. The van der Waals surface area contributed by atoms with Crippen LogP contribution in [0.25, 0.3) is 10.2 Å². The molecule has 3 aromatic rings. The van der Waals surface area contributed by atoms with Crippen molar-refractivity contribution in [1.82, 2.24) is 9.88 Å². The van der Waals surface area contributed by atoms with Crippen molar-refractivity contribution in [1.29, 1.82) is 0 Å². The average Bonchev–Trinajstić information content (AvgIpc) is 3.11. The molecule has 2 nitrogen and oxygen atoms in total. The summed E-state index contributed by atoms with van der Waals surface area (Å²) in [6.07, 6.45) is 5.43. The van der Waals surface area contributed by atoms with Gasteiger partial charge in [-0.15, -0.1) is 11.3 Å². The van der Waals surface area contributed by atoms with Gasteiger partial charge in [0.15, 0.2) is 0 Å². The first-order valence-electron chi connectivity index (χ1n) is 10.8. The van der Waals surface area contributed by atoms with Gasteiger partial charge < -0.3 is 4.90 Å². The lowest BCUT2D eigenvalue weighted by Crippen LogP contribution is -2.48. The van der Waals surface area contributed by atoms with Crippen LogP contribution in [-0.2, 0) is 6.42 Å². The molecule has 1 aromatic heterocycles. The van der Waals surface area contributed by atoms with Gasteiger partial charge in [-0.3, -0.25) is 0 Å². The van der Waals surface area contributed by atoms with Crippen molar-refractivity contribution in [3.8, 4) is 0 Å². The van der Waals surface area contributed by atoms with Gasteiger partial charge in [-0.05, 0) is 68.8 Å². The van der Waals surface area contributed by atoms with E-state index < -0.39 is 0 Å². The van der Waals surface area contributed by atoms with Crippen molar-refractivity contribution in [2.75, 3.05) is 19.6 Å². The molecule has 6 rings (SSSR count). The summed E-state index contributed by atoms with van der Waals surface area (Å²) in [5, 5.41) is 1.14. The van der Waals surface area contributed by atoms with Gasteiger partial charge in [-0.2, -0.15) is 0 Å². The van der Waals surface area contributed by atoms with Crippen LogP contribution in [0.4, 0.5) is 0 Å². The van der Waals surface area contributed by atoms with E-state index in [2.05, 4.69) is 60.1 Å². The number of aryl methyl sites for hydroxylation is 1. The maximum Gasteiger partial charge on any atom is 0.0907 e. The molecule has 3 aliphatic rings. The van der Waals surface area contributed by atoms with Gasteiger partial charge in [0.25, 0.3) is 0 Å². The summed E-state index contributed by atoms with van der Waals surface area (Å²) < 4.78 is 1.28. The quantitative estimate of drug-likeness (QED) is 0.487. The second kappa shape index (κ2) is 10.7. The first-order valence-corrected chi connectivity index (χ1v) is 11.6. The highest BCUT2D eigenvalue weighted by molar-refractivity contribution is 7.18. The fraction of sp³-hybridized carbons (Fsp3) is 0.480. The zero-order valence-corrected chi connectivity index (χ0v) is 18.4. The van der Waals surface area contributed by atoms with Gasteiger partial charge in [0.1, 0.15) is 0 Å². The lowest BCUT2D eigenvalue weighted by Gasteiger charge is -2.45. The fourth-order valence-electron chi connectivity index (χ4n) is 4.22. The summed E-state index contributed by atoms with van der Waals surface area (Å²) in [7, 11) is 0. The Labute approximate surface area is 174 Å². The molecule has 4 heterocycles. The van der Waals surface area contributed by atoms with Crippen LogP contribution < -0.4 is 0 Å². The van der Waals surface area contributed by atoms with Crippen molar-refractivity contribution in [3.05, 3.63) is 65.2 Å². The van der Waals surface area contributed by atoms with E-state index in [-0.39, 0.29) is 0 Å². The highest BCUT2D eigenvalue weighted by Gasteiger charge is 2.33. The van der Waals surface area contributed by atoms with Crippen LogP contribution in [0.15, 0.2) is 54.6 Å². The summed E-state index contributed by atoms with van der Waals surface area (Å²) in [5.74, 6) is 1.94. The molecule has 2 bridgehead atoms. The Balaban J connectivity index is 0.000000150. The first-order chi connectivity index (χ1) is 13.7. The van der Waals surface area contributed by atoms with Crippen LogP contribution in [-0.4, -0.2) is 29.5 Å². The lowest BCUT2D eigenvalue weighted by atomic mass is 9.76. The molecule has 28 heavy (non-hydrogen) atoms. The summed E-state index contributed by atoms with van der Waals surface area (Å²) >= 11 is 1.74. The Bertz CT molecular complexity index is 786. The summed E-state index contributed by atoms with van der Waals surface area (Å²) in [6.45, 7) is 10.3. The van der Waals surface area contributed by atoms with E-state index in [1.807, 2.05) is 25.1 Å². The SMILES string of the molecule is CCC.Cc1nc2ccccc2s1.c1ccc(C[C@H]2CN3CCC2CC3)cc1. The summed E-state index contributed by atoms with van der Waals surface area (Å²) in [4.78, 5) is 6.98. The Hall–Kier alpha value is -1.71. The monoisotopic (exact) mass is 394 g/mol. The van der Waals surface area contributed by atoms with Crippen molar-refractivity contribution in [2.45, 2.75) is 46.5 Å². The maximum absolute atomic E-state index is 4.33. The number of aromatic nitrogens is 1. The molecule has 150 valence electrons. The van der Waals surface area contributed by atoms with E-state index in [9.17, 15) is 0 Å². The van der Waals surface area contributed by atoms with Crippen molar-refractivity contribution in [2.24, 2.45) is 11.8 Å². The van der Waals surface area contributed by atoms with E-state index in [0.717, 1.165) is 22.4 Å². The number of thiazole rings is 1. The Morgan fingerprint density at radius 1 is 0.964 bits per heavy atom. The number of fused-ring (bicyclic) bond motifs is 4. The number of rotatable bonds is 2. The van der Waals surface area contributed by atoms with Gasteiger partial charge in [0, 0.05) is 6.54 Å². The van der Waals surface area contributed by atoms with Crippen LogP contribution in [0, 0.1) is 18.8 Å². The standard InChI is InChI=1S/C14H19N.C8H7NS.C3H8/c1-2-4-12(5-3-1)10-14-11-15-8-6-13(14)7-9-15;1-6-9-7-4-2-3-5-8(7)10-6;1-3-2/h1-5,13-14H,6-11H2;2-5H,1H3;3H2,1-2H3/t14-;;/m0../s1. The third kappa shape index (κ3) is 5.89. The Morgan fingerprint density at radius 3 is 2.21 bits per heavy atom. The third-order valence-electron chi connectivity index (χ3n) is 5.53. The molecule has 2 aromatic carbocycles. The number of hydrogen-bond donors (Lipinski definition) is 0. The lowest BCUT2D eigenvalue weighted by molar-refractivity contribution is 0.0512. The minimum atomic E-state index is 0.926. The minimum absolute atomic E-state index is 0.926. The molecule has 0 saturated carbocycles. The van der Waals surface area contributed by atoms with Gasteiger partial charge in [0.05, 0.1) is 15.2 Å². The zero-order valence-electron chi connectivity index (χ0n) is 17.6. The summed E-state index contributed by atoms with van der Waals surface area (Å²) in [6, 6.07) is 19.2. The van der Waals surface area contributed by atoms with E-state index in [4.69, 9.17) is 0 Å². The Kier molecular flexibility index (Phi) is 8.05. The zero-order chi connectivity index (χ0) is 19.8. The molecular weight excluding hydrogens is 360 g/mol. The maximum atomic E-state index is 4.33. The van der Waals surface area contributed by atoms with Crippen LogP contribution in [0.1, 0.15) is 43.7 Å². The van der Waals surface area contributed by atoms with E-state index in [0.29, 0.717) is 0 Å². The molecule has 0 aliphatic carbocycles. The predicted molar refractivity (Wildman–Crippen MR) is 123 cm³/mol. The molecule has 3 aliphatic heterocycles. The number of para-hydroxylation sites is 1. The molecule has 3 heteroatoms. The molecule has 1 atom stereocenters.